The Labute approximate surface area is 139 Å². The average Bonchev–Trinajstić information content (AvgIpc) is 2.96. The number of anilines is 1. The molecule has 1 aliphatic heterocycles. The number of methoxy groups -OCH3 is 1. The van der Waals surface area contributed by atoms with Crippen molar-refractivity contribution >= 4 is 29.1 Å². The van der Waals surface area contributed by atoms with Crippen molar-refractivity contribution in [3.05, 3.63) is 59.7 Å². The van der Waals surface area contributed by atoms with Gasteiger partial charge in [0.15, 0.2) is 5.78 Å². The Morgan fingerprint density at radius 3 is 2.74 bits per heavy atom. The largest absolute Gasteiger partial charge is 0.495 e. The van der Waals surface area contributed by atoms with Crippen molar-refractivity contribution in [1.29, 1.82) is 0 Å². The molecule has 1 heterocycles. The number of thioether (sulfide) groups is 1. The van der Waals surface area contributed by atoms with Crippen LogP contribution in [-0.2, 0) is 4.79 Å². The first-order chi connectivity index (χ1) is 11.1. The quantitative estimate of drug-likeness (QED) is 0.804. The van der Waals surface area contributed by atoms with Crippen LogP contribution in [0.15, 0.2) is 48.5 Å². The minimum absolute atomic E-state index is 0.0185. The zero-order chi connectivity index (χ0) is 16.4. The molecule has 4 nitrogen and oxygen atoms in total. The van der Waals surface area contributed by atoms with Gasteiger partial charge in [-0.1, -0.05) is 30.3 Å². The van der Waals surface area contributed by atoms with Gasteiger partial charge in [-0.15, -0.1) is 11.8 Å². The van der Waals surface area contributed by atoms with Crippen molar-refractivity contribution < 1.29 is 14.3 Å². The van der Waals surface area contributed by atoms with E-state index in [9.17, 15) is 9.59 Å². The molecule has 1 amide bonds. The van der Waals surface area contributed by atoms with Crippen LogP contribution in [0.2, 0.25) is 0 Å². The van der Waals surface area contributed by atoms with Crippen molar-refractivity contribution in [1.82, 2.24) is 0 Å². The molecule has 118 valence electrons. The van der Waals surface area contributed by atoms with Crippen LogP contribution in [0.5, 0.6) is 5.75 Å². The predicted molar refractivity (Wildman–Crippen MR) is 92.1 cm³/mol. The molecule has 1 aliphatic rings. The van der Waals surface area contributed by atoms with E-state index in [2.05, 4.69) is 0 Å². The number of ether oxygens (including phenoxy) is 1. The van der Waals surface area contributed by atoms with Crippen molar-refractivity contribution in [2.24, 2.45) is 0 Å². The number of para-hydroxylation sites is 2. The molecule has 0 bridgehead atoms. The minimum Gasteiger partial charge on any atom is -0.495 e. The van der Waals surface area contributed by atoms with Gasteiger partial charge in [-0.3, -0.25) is 14.5 Å². The lowest BCUT2D eigenvalue weighted by atomic mass is 10.1. The van der Waals surface area contributed by atoms with E-state index in [1.54, 1.807) is 36.8 Å². The SMILES string of the molecule is COc1ccccc1N1C(=O)CSC1c1cccc(C(C)=O)c1. The summed E-state index contributed by atoms with van der Waals surface area (Å²) >= 11 is 1.56. The molecule has 5 heteroatoms. The molecule has 3 rings (SSSR count). The smallest absolute Gasteiger partial charge is 0.238 e. The molecule has 0 aliphatic carbocycles. The van der Waals surface area contributed by atoms with Crippen molar-refractivity contribution in [2.75, 3.05) is 17.8 Å². The van der Waals surface area contributed by atoms with Crippen LogP contribution < -0.4 is 9.64 Å². The summed E-state index contributed by atoms with van der Waals surface area (Å²) < 4.78 is 5.39. The Hall–Kier alpha value is -2.27. The van der Waals surface area contributed by atoms with Crippen molar-refractivity contribution in [2.45, 2.75) is 12.3 Å². The van der Waals surface area contributed by atoms with E-state index in [0.29, 0.717) is 17.1 Å². The first-order valence-corrected chi connectivity index (χ1v) is 8.34. The summed E-state index contributed by atoms with van der Waals surface area (Å²) in [5.41, 5.74) is 2.35. The van der Waals surface area contributed by atoms with Crippen LogP contribution in [0, 0.1) is 0 Å². The van der Waals surface area contributed by atoms with Crippen LogP contribution in [-0.4, -0.2) is 24.6 Å². The van der Waals surface area contributed by atoms with E-state index >= 15 is 0 Å². The molecule has 0 aromatic heterocycles. The van der Waals surface area contributed by atoms with E-state index in [1.165, 1.54) is 0 Å². The summed E-state index contributed by atoms with van der Waals surface area (Å²) in [5, 5.41) is -0.155. The van der Waals surface area contributed by atoms with E-state index in [4.69, 9.17) is 4.74 Å². The highest BCUT2D eigenvalue weighted by Gasteiger charge is 2.35. The molecule has 1 fully saturated rings. The molecule has 0 saturated carbocycles. The molecular formula is C18H17NO3S. The van der Waals surface area contributed by atoms with Crippen LogP contribution in [0.4, 0.5) is 5.69 Å². The van der Waals surface area contributed by atoms with Gasteiger partial charge >= 0.3 is 0 Å². The number of amides is 1. The molecule has 2 aromatic rings. The Morgan fingerprint density at radius 1 is 1.22 bits per heavy atom. The van der Waals surface area contributed by atoms with E-state index < -0.39 is 0 Å². The summed E-state index contributed by atoms with van der Waals surface area (Å²) in [5.74, 6) is 1.13. The van der Waals surface area contributed by atoms with E-state index in [1.807, 2.05) is 42.5 Å². The summed E-state index contributed by atoms with van der Waals surface area (Å²) in [7, 11) is 1.60. The fraction of sp³-hybridized carbons (Fsp3) is 0.222. The summed E-state index contributed by atoms with van der Waals surface area (Å²) in [6, 6.07) is 14.9. The van der Waals surface area contributed by atoms with Crippen molar-refractivity contribution in [3.63, 3.8) is 0 Å². The average molecular weight is 327 g/mol. The molecular weight excluding hydrogens is 310 g/mol. The van der Waals surface area contributed by atoms with Crippen molar-refractivity contribution in [3.8, 4) is 5.75 Å². The third-order valence-corrected chi connectivity index (χ3v) is 5.00. The third kappa shape index (κ3) is 2.97. The van der Waals surface area contributed by atoms with Crippen LogP contribution >= 0.6 is 11.8 Å². The van der Waals surface area contributed by atoms with Gasteiger partial charge in [-0.25, -0.2) is 0 Å². The molecule has 0 radical (unpaired) electrons. The summed E-state index contributed by atoms with van der Waals surface area (Å²) in [6.45, 7) is 1.55. The van der Waals surface area contributed by atoms with Gasteiger partial charge in [0.2, 0.25) is 5.91 Å². The van der Waals surface area contributed by atoms with E-state index in [-0.39, 0.29) is 17.1 Å². The van der Waals surface area contributed by atoms with Gasteiger partial charge in [-0.05, 0) is 30.7 Å². The number of hydrogen-bond acceptors (Lipinski definition) is 4. The second-order valence-corrected chi connectivity index (χ2v) is 6.35. The lowest BCUT2D eigenvalue weighted by Gasteiger charge is -2.26. The minimum atomic E-state index is -0.155. The van der Waals surface area contributed by atoms with Gasteiger partial charge in [0.25, 0.3) is 0 Å². The maximum atomic E-state index is 12.4. The highest BCUT2D eigenvalue weighted by molar-refractivity contribution is 8.00. The monoisotopic (exact) mass is 327 g/mol. The molecule has 1 atom stereocenters. The maximum absolute atomic E-state index is 12.4. The number of ketones is 1. The van der Waals surface area contributed by atoms with Crippen LogP contribution in [0.25, 0.3) is 0 Å². The van der Waals surface area contributed by atoms with Gasteiger partial charge in [0.05, 0.1) is 18.6 Å². The highest BCUT2D eigenvalue weighted by Crippen LogP contribution is 2.44. The normalized spacial score (nSPS) is 17.4. The molecule has 0 N–H and O–H groups in total. The predicted octanol–water partition coefficient (Wildman–Crippen LogP) is 3.68. The third-order valence-electron chi connectivity index (χ3n) is 3.79. The lowest BCUT2D eigenvalue weighted by Crippen LogP contribution is -2.28. The van der Waals surface area contributed by atoms with Crippen LogP contribution in [0.3, 0.4) is 0 Å². The Kier molecular flexibility index (Phi) is 4.39. The van der Waals surface area contributed by atoms with E-state index in [0.717, 1.165) is 11.3 Å². The fourth-order valence-corrected chi connectivity index (χ4v) is 3.83. The Bertz CT molecular complexity index is 759. The van der Waals surface area contributed by atoms with Gasteiger partial charge in [0, 0.05) is 5.56 Å². The fourth-order valence-electron chi connectivity index (χ4n) is 2.67. The lowest BCUT2D eigenvalue weighted by molar-refractivity contribution is -0.115. The molecule has 1 unspecified atom stereocenters. The van der Waals surface area contributed by atoms with Gasteiger partial charge in [0.1, 0.15) is 11.1 Å². The van der Waals surface area contributed by atoms with Gasteiger partial charge in [-0.2, -0.15) is 0 Å². The number of benzene rings is 2. The molecule has 2 aromatic carbocycles. The number of carbonyl (C=O) groups excluding carboxylic acids is 2. The topological polar surface area (TPSA) is 46.6 Å². The molecule has 1 saturated heterocycles. The first-order valence-electron chi connectivity index (χ1n) is 7.29. The Balaban J connectivity index is 2.03. The number of rotatable bonds is 4. The highest BCUT2D eigenvalue weighted by atomic mass is 32.2. The summed E-state index contributed by atoms with van der Waals surface area (Å²) in [4.78, 5) is 25.8. The van der Waals surface area contributed by atoms with Gasteiger partial charge < -0.3 is 4.74 Å². The van der Waals surface area contributed by atoms with Crippen LogP contribution in [0.1, 0.15) is 28.2 Å². The maximum Gasteiger partial charge on any atom is 0.238 e. The standard InChI is InChI=1S/C18H17NO3S/c1-12(20)13-6-5-7-14(10-13)18-19(17(21)11-23-18)15-8-3-4-9-16(15)22-2/h3-10,18H,11H2,1-2H3. The number of hydrogen-bond donors (Lipinski definition) is 0. The second kappa shape index (κ2) is 6.46. The second-order valence-electron chi connectivity index (χ2n) is 5.28. The molecule has 23 heavy (non-hydrogen) atoms. The number of nitrogens with zero attached hydrogens (tertiary/aromatic N) is 1. The molecule has 0 spiro atoms. The summed E-state index contributed by atoms with van der Waals surface area (Å²) in [6.07, 6.45) is 0. The first kappa shape index (κ1) is 15.6. The zero-order valence-electron chi connectivity index (χ0n) is 13.0. The number of carbonyl (C=O) groups is 2. The zero-order valence-corrected chi connectivity index (χ0v) is 13.8. The Morgan fingerprint density at radius 2 is 2.00 bits per heavy atom. The number of Topliss-reactive ketones (excluding diaryl/α,β-unsaturated/α-hetero) is 1.